The van der Waals surface area contributed by atoms with Crippen molar-refractivity contribution in [2.75, 3.05) is 31.2 Å². The molecule has 1 fully saturated rings. The minimum absolute atomic E-state index is 0.689. The summed E-state index contributed by atoms with van der Waals surface area (Å²) in [5, 5.41) is 9.94. The lowest BCUT2D eigenvalue weighted by Gasteiger charge is -2.28. The van der Waals surface area contributed by atoms with E-state index in [1.54, 1.807) is 11.8 Å². The van der Waals surface area contributed by atoms with E-state index < -0.39 is 0 Å². The van der Waals surface area contributed by atoms with Crippen LogP contribution in [0.15, 0.2) is 41.7 Å². The second-order valence-electron chi connectivity index (χ2n) is 7.79. The number of thioether (sulfide) groups is 1. The van der Waals surface area contributed by atoms with E-state index in [1.807, 2.05) is 11.3 Å². The summed E-state index contributed by atoms with van der Waals surface area (Å²) < 4.78 is 9.70. The third kappa shape index (κ3) is 4.03. The first-order valence-electron chi connectivity index (χ1n) is 10.4. The van der Waals surface area contributed by atoms with Crippen LogP contribution in [0, 0.1) is 20.8 Å². The van der Waals surface area contributed by atoms with E-state index >= 15 is 0 Å². The van der Waals surface area contributed by atoms with Gasteiger partial charge >= 0.3 is 0 Å². The van der Waals surface area contributed by atoms with Crippen LogP contribution in [0.5, 0.6) is 0 Å². The van der Waals surface area contributed by atoms with Crippen molar-refractivity contribution in [3.05, 3.63) is 59.2 Å². The largest absolute Gasteiger partial charge is 0.378 e. The van der Waals surface area contributed by atoms with Gasteiger partial charge in [-0.2, -0.15) is 0 Å². The van der Waals surface area contributed by atoms with Crippen molar-refractivity contribution >= 4 is 23.5 Å². The molecule has 1 aliphatic rings. The summed E-state index contributed by atoms with van der Waals surface area (Å²) in [7, 11) is 0. The third-order valence-corrected chi connectivity index (χ3v) is 6.29. The maximum Gasteiger partial charge on any atom is 0.234 e. The Bertz CT molecular complexity index is 1230. The van der Waals surface area contributed by atoms with Crippen LogP contribution in [0.2, 0.25) is 0 Å². The van der Waals surface area contributed by atoms with Crippen molar-refractivity contribution in [2.45, 2.75) is 31.7 Å². The van der Waals surface area contributed by atoms with Gasteiger partial charge in [0.2, 0.25) is 11.7 Å². The Balaban J connectivity index is 1.47. The molecule has 0 unspecified atom stereocenters. The standard InChI is InChI=1S/C22H25N7OS/c1-15-5-4-6-19(11-15)29-21(27-7-9-30-10-8-27)25-26-22(29)31-14-18-13-28-17(3)12-16(2)23-20(28)24-18/h4-6,11-13H,7-10,14H2,1-3H3. The van der Waals surface area contributed by atoms with Gasteiger partial charge in [-0.1, -0.05) is 23.9 Å². The number of hydrogen-bond acceptors (Lipinski definition) is 7. The molecule has 1 aromatic carbocycles. The molecule has 0 spiro atoms. The number of benzene rings is 1. The van der Waals surface area contributed by atoms with E-state index in [9.17, 15) is 0 Å². The van der Waals surface area contributed by atoms with Crippen molar-refractivity contribution in [2.24, 2.45) is 0 Å². The van der Waals surface area contributed by atoms with Crippen LogP contribution >= 0.6 is 11.8 Å². The molecule has 5 rings (SSSR count). The molecule has 0 N–H and O–H groups in total. The number of morpholine rings is 1. The number of ether oxygens (including phenoxy) is 1. The Morgan fingerprint density at radius 1 is 1.03 bits per heavy atom. The summed E-state index contributed by atoms with van der Waals surface area (Å²) in [6.45, 7) is 9.20. The molecule has 31 heavy (non-hydrogen) atoms. The number of anilines is 1. The Morgan fingerprint density at radius 3 is 2.68 bits per heavy atom. The fraction of sp³-hybridized carbons (Fsp3) is 0.364. The molecule has 160 valence electrons. The van der Waals surface area contributed by atoms with Crippen molar-refractivity contribution < 1.29 is 4.74 Å². The number of aromatic nitrogens is 6. The summed E-state index contributed by atoms with van der Waals surface area (Å²) in [6, 6.07) is 10.5. The first-order valence-corrected chi connectivity index (χ1v) is 11.4. The van der Waals surface area contributed by atoms with Crippen molar-refractivity contribution in [3.63, 3.8) is 0 Å². The van der Waals surface area contributed by atoms with Gasteiger partial charge in [0.15, 0.2) is 5.16 Å². The number of rotatable bonds is 5. The van der Waals surface area contributed by atoms with Gasteiger partial charge in [0.1, 0.15) is 0 Å². The number of imidazole rings is 1. The highest BCUT2D eigenvalue weighted by Crippen LogP contribution is 2.29. The minimum Gasteiger partial charge on any atom is -0.378 e. The molecule has 0 amide bonds. The Kier molecular flexibility index (Phi) is 5.37. The lowest BCUT2D eigenvalue weighted by Crippen LogP contribution is -2.37. The SMILES string of the molecule is Cc1cccc(-n2c(SCc3cn4c(C)cc(C)nc4n3)nnc2N2CCOCC2)c1. The van der Waals surface area contributed by atoms with Crippen molar-refractivity contribution in [1.29, 1.82) is 0 Å². The van der Waals surface area contributed by atoms with E-state index in [2.05, 4.69) is 75.0 Å². The fourth-order valence-electron chi connectivity index (χ4n) is 3.84. The van der Waals surface area contributed by atoms with Gasteiger partial charge in [0.05, 0.1) is 24.6 Å². The molecule has 4 heterocycles. The maximum absolute atomic E-state index is 5.52. The van der Waals surface area contributed by atoms with Gasteiger partial charge in [0, 0.05) is 36.4 Å². The van der Waals surface area contributed by atoms with E-state index in [-0.39, 0.29) is 0 Å². The van der Waals surface area contributed by atoms with Crippen LogP contribution in [0.4, 0.5) is 5.95 Å². The van der Waals surface area contributed by atoms with Gasteiger partial charge in [-0.05, 0) is 44.5 Å². The maximum atomic E-state index is 5.52. The highest BCUT2D eigenvalue weighted by molar-refractivity contribution is 7.98. The Morgan fingerprint density at radius 2 is 1.87 bits per heavy atom. The molecule has 3 aromatic heterocycles. The summed E-state index contributed by atoms with van der Waals surface area (Å²) in [5.41, 5.74) is 5.34. The summed E-state index contributed by atoms with van der Waals surface area (Å²) in [6.07, 6.45) is 2.06. The topological polar surface area (TPSA) is 73.4 Å². The predicted octanol–water partition coefficient (Wildman–Crippen LogP) is 3.36. The number of fused-ring (bicyclic) bond motifs is 1. The van der Waals surface area contributed by atoms with Crippen LogP contribution in [0.3, 0.4) is 0 Å². The van der Waals surface area contributed by atoms with E-state index in [4.69, 9.17) is 9.72 Å². The first kappa shape index (κ1) is 20.0. The van der Waals surface area contributed by atoms with Crippen LogP contribution in [-0.2, 0) is 10.5 Å². The molecule has 9 heteroatoms. The second-order valence-corrected chi connectivity index (χ2v) is 8.73. The lowest BCUT2D eigenvalue weighted by molar-refractivity contribution is 0.122. The van der Waals surface area contributed by atoms with Gasteiger partial charge in [-0.3, -0.25) is 8.97 Å². The molecule has 8 nitrogen and oxygen atoms in total. The lowest BCUT2D eigenvalue weighted by atomic mass is 10.2. The van der Waals surface area contributed by atoms with Gasteiger partial charge in [-0.25, -0.2) is 9.97 Å². The monoisotopic (exact) mass is 435 g/mol. The van der Waals surface area contributed by atoms with Gasteiger partial charge in [0.25, 0.3) is 0 Å². The normalized spacial score (nSPS) is 14.5. The Labute approximate surface area is 185 Å². The number of hydrogen-bond donors (Lipinski definition) is 0. The molecule has 0 aliphatic carbocycles. The molecule has 4 aromatic rings. The molecule has 0 bridgehead atoms. The molecule has 0 radical (unpaired) electrons. The molecule has 0 atom stereocenters. The molecule has 0 saturated carbocycles. The average Bonchev–Trinajstić information content (AvgIpc) is 3.37. The van der Waals surface area contributed by atoms with E-state index in [1.165, 1.54) is 5.56 Å². The summed E-state index contributed by atoms with van der Waals surface area (Å²) >= 11 is 1.64. The summed E-state index contributed by atoms with van der Waals surface area (Å²) in [4.78, 5) is 11.5. The Hall–Kier alpha value is -2.91. The average molecular weight is 436 g/mol. The van der Waals surface area contributed by atoms with E-state index in [0.717, 1.165) is 52.7 Å². The zero-order valence-corrected chi connectivity index (χ0v) is 18.8. The van der Waals surface area contributed by atoms with Crippen molar-refractivity contribution in [1.82, 2.24) is 29.1 Å². The highest BCUT2D eigenvalue weighted by atomic mass is 32.2. The quantitative estimate of drug-likeness (QED) is 0.445. The van der Waals surface area contributed by atoms with Gasteiger partial charge in [-0.15, -0.1) is 10.2 Å². The molecular weight excluding hydrogens is 410 g/mol. The van der Waals surface area contributed by atoms with Crippen LogP contribution in [0.25, 0.3) is 11.5 Å². The first-order chi connectivity index (χ1) is 15.1. The van der Waals surface area contributed by atoms with Gasteiger partial charge < -0.3 is 9.64 Å². The fourth-order valence-corrected chi connectivity index (χ4v) is 4.67. The van der Waals surface area contributed by atoms with Crippen LogP contribution in [-0.4, -0.2) is 55.4 Å². The predicted molar refractivity (Wildman–Crippen MR) is 121 cm³/mol. The summed E-state index contributed by atoms with van der Waals surface area (Å²) in [5.74, 6) is 2.29. The highest BCUT2D eigenvalue weighted by Gasteiger charge is 2.22. The number of nitrogens with zero attached hydrogens (tertiary/aromatic N) is 7. The zero-order chi connectivity index (χ0) is 21.4. The van der Waals surface area contributed by atoms with Crippen LogP contribution in [0.1, 0.15) is 22.6 Å². The smallest absolute Gasteiger partial charge is 0.234 e. The van der Waals surface area contributed by atoms with Crippen LogP contribution < -0.4 is 4.90 Å². The minimum atomic E-state index is 0.689. The van der Waals surface area contributed by atoms with Crippen molar-refractivity contribution in [3.8, 4) is 5.69 Å². The van der Waals surface area contributed by atoms with E-state index in [0.29, 0.717) is 19.0 Å². The zero-order valence-electron chi connectivity index (χ0n) is 17.9. The molecule has 1 aliphatic heterocycles. The molecule has 1 saturated heterocycles. The second kappa shape index (κ2) is 8.32. The number of aryl methyl sites for hydroxylation is 3. The molecular formula is C22H25N7OS. The third-order valence-electron chi connectivity index (χ3n) is 5.33.